The number of nitrogens with zero attached hydrogens (tertiary/aromatic N) is 1. The summed E-state index contributed by atoms with van der Waals surface area (Å²) < 4.78 is 0.792. The number of benzene rings is 1. The summed E-state index contributed by atoms with van der Waals surface area (Å²) in [7, 11) is 0. The predicted molar refractivity (Wildman–Crippen MR) is 84.4 cm³/mol. The Hall–Kier alpha value is -1.07. The maximum atomic E-state index is 11.0. The quantitative estimate of drug-likeness (QED) is 0.863. The highest BCUT2D eigenvalue weighted by Crippen LogP contribution is 2.22. The van der Waals surface area contributed by atoms with Crippen LogP contribution in [0.25, 0.3) is 0 Å². The fourth-order valence-corrected chi connectivity index (χ4v) is 3.08. The Morgan fingerprint density at radius 1 is 1.40 bits per heavy atom. The number of nitrogens with one attached hydrogen (secondary N) is 1. The van der Waals surface area contributed by atoms with Gasteiger partial charge in [-0.15, -0.1) is 0 Å². The van der Waals surface area contributed by atoms with E-state index in [0.29, 0.717) is 11.5 Å². The van der Waals surface area contributed by atoms with E-state index >= 15 is 0 Å². The van der Waals surface area contributed by atoms with Crippen LogP contribution in [0.4, 0.5) is 5.69 Å². The van der Waals surface area contributed by atoms with Crippen LogP contribution in [0.15, 0.2) is 22.7 Å². The molecule has 1 fully saturated rings. The van der Waals surface area contributed by atoms with Crippen molar-refractivity contribution in [2.24, 2.45) is 5.92 Å². The van der Waals surface area contributed by atoms with Crippen LogP contribution in [0, 0.1) is 5.92 Å². The highest BCUT2D eigenvalue weighted by Gasteiger charge is 2.17. The fraction of sp³-hybridized carbons (Fsp3) is 0.533. The molecule has 1 saturated heterocycles. The van der Waals surface area contributed by atoms with Gasteiger partial charge in [-0.05, 0) is 56.6 Å². The minimum atomic E-state index is -0.898. The second-order valence-electron chi connectivity index (χ2n) is 5.29. The standard InChI is InChI=1S/C15H21BrN2O2/c1-2-18-5-3-11(4-6-18)10-17-14-8-12(15(19)20)7-13(16)9-14/h7-9,11,17H,2-6,10H2,1H3,(H,19,20). The van der Waals surface area contributed by atoms with Crippen molar-refractivity contribution in [2.75, 3.05) is 31.5 Å². The summed E-state index contributed by atoms with van der Waals surface area (Å²) in [5, 5.41) is 12.4. The first kappa shape index (κ1) is 15.3. The van der Waals surface area contributed by atoms with Crippen LogP contribution >= 0.6 is 15.9 Å². The summed E-state index contributed by atoms with van der Waals surface area (Å²) in [6, 6.07) is 5.23. The Balaban J connectivity index is 1.89. The van der Waals surface area contributed by atoms with Gasteiger partial charge in [0.05, 0.1) is 5.56 Å². The molecule has 1 heterocycles. The second-order valence-corrected chi connectivity index (χ2v) is 6.21. The van der Waals surface area contributed by atoms with Crippen molar-refractivity contribution in [1.29, 1.82) is 0 Å². The molecule has 1 aliphatic rings. The third-order valence-electron chi connectivity index (χ3n) is 3.89. The smallest absolute Gasteiger partial charge is 0.335 e. The van der Waals surface area contributed by atoms with Gasteiger partial charge in [0.15, 0.2) is 0 Å². The number of hydrogen-bond acceptors (Lipinski definition) is 3. The summed E-state index contributed by atoms with van der Waals surface area (Å²) in [5.74, 6) is -0.226. The van der Waals surface area contributed by atoms with Gasteiger partial charge in [-0.25, -0.2) is 4.79 Å². The molecule has 0 unspecified atom stereocenters. The first-order valence-electron chi connectivity index (χ1n) is 7.08. The van der Waals surface area contributed by atoms with E-state index in [2.05, 4.69) is 33.1 Å². The first-order chi connectivity index (χ1) is 9.58. The number of carboxylic acid groups (broad SMARTS) is 1. The zero-order valence-electron chi connectivity index (χ0n) is 11.7. The van der Waals surface area contributed by atoms with E-state index in [1.807, 2.05) is 6.07 Å². The van der Waals surface area contributed by atoms with Gasteiger partial charge < -0.3 is 15.3 Å². The second kappa shape index (κ2) is 7.09. The van der Waals surface area contributed by atoms with E-state index in [9.17, 15) is 4.79 Å². The van der Waals surface area contributed by atoms with Gasteiger partial charge in [0.1, 0.15) is 0 Å². The Morgan fingerprint density at radius 2 is 2.10 bits per heavy atom. The van der Waals surface area contributed by atoms with E-state index in [0.717, 1.165) is 23.2 Å². The lowest BCUT2D eigenvalue weighted by molar-refractivity contribution is 0.0697. The predicted octanol–water partition coefficient (Wildman–Crippen LogP) is 3.29. The van der Waals surface area contributed by atoms with Crippen LogP contribution in [0.2, 0.25) is 0 Å². The third kappa shape index (κ3) is 4.21. The SMILES string of the molecule is CCN1CCC(CNc2cc(Br)cc(C(=O)O)c2)CC1. The molecule has 0 aliphatic carbocycles. The summed E-state index contributed by atoms with van der Waals surface area (Å²) in [4.78, 5) is 13.5. The molecule has 110 valence electrons. The molecule has 2 N–H and O–H groups in total. The average Bonchev–Trinajstić information content (AvgIpc) is 2.45. The monoisotopic (exact) mass is 340 g/mol. The lowest BCUT2D eigenvalue weighted by Crippen LogP contribution is -2.35. The molecule has 0 amide bonds. The molecule has 1 aliphatic heterocycles. The topological polar surface area (TPSA) is 52.6 Å². The molecule has 0 atom stereocenters. The summed E-state index contributed by atoms with van der Waals surface area (Å²) in [6.45, 7) is 6.58. The number of halogens is 1. The molecular formula is C15H21BrN2O2. The minimum absolute atomic E-state index is 0.308. The Bertz CT molecular complexity index is 471. The van der Waals surface area contributed by atoms with Gasteiger partial charge in [-0.1, -0.05) is 22.9 Å². The highest BCUT2D eigenvalue weighted by atomic mass is 79.9. The van der Waals surface area contributed by atoms with Gasteiger partial charge in [-0.3, -0.25) is 0 Å². The number of aromatic carboxylic acids is 1. The largest absolute Gasteiger partial charge is 0.478 e. The number of piperidine rings is 1. The van der Waals surface area contributed by atoms with Crippen LogP contribution in [0.5, 0.6) is 0 Å². The van der Waals surface area contributed by atoms with Crippen LogP contribution in [0.3, 0.4) is 0 Å². The van der Waals surface area contributed by atoms with E-state index in [-0.39, 0.29) is 0 Å². The van der Waals surface area contributed by atoms with E-state index < -0.39 is 5.97 Å². The molecule has 1 aromatic rings. The van der Waals surface area contributed by atoms with Crippen LogP contribution in [0.1, 0.15) is 30.1 Å². The van der Waals surface area contributed by atoms with Crippen molar-refractivity contribution in [3.05, 3.63) is 28.2 Å². The van der Waals surface area contributed by atoms with Gasteiger partial charge in [0.25, 0.3) is 0 Å². The van der Waals surface area contributed by atoms with Crippen molar-refractivity contribution in [2.45, 2.75) is 19.8 Å². The Labute approximate surface area is 128 Å². The molecule has 0 bridgehead atoms. The summed E-state index contributed by atoms with van der Waals surface area (Å²) in [5.41, 5.74) is 1.18. The minimum Gasteiger partial charge on any atom is -0.478 e. The van der Waals surface area contributed by atoms with Crippen molar-refractivity contribution < 1.29 is 9.90 Å². The Kier molecular flexibility index (Phi) is 5.43. The zero-order chi connectivity index (χ0) is 14.5. The lowest BCUT2D eigenvalue weighted by Gasteiger charge is -2.31. The van der Waals surface area contributed by atoms with Crippen molar-refractivity contribution in [1.82, 2.24) is 4.90 Å². The molecule has 0 aromatic heterocycles. The van der Waals surface area contributed by atoms with Gasteiger partial charge in [0.2, 0.25) is 0 Å². The molecule has 0 radical (unpaired) electrons. The molecule has 0 saturated carbocycles. The number of carboxylic acids is 1. The average molecular weight is 341 g/mol. The van der Waals surface area contributed by atoms with Gasteiger partial charge in [-0.2, -0.15) is 0 Å². The molecule has 0 spiro atoms. The van der Waals surface area contributed by atoms with E-state index in [1.165, 1.54) is 25.9 Å². The van der Waals surface area contributed by atoms with Gasteiger partial charge in [0, 0.05) is 16.7 Å². The van der Waals surface area contributed by atoms with Crippen molar-refractivity contribution in [3.63, 3.8) is 0 Å². The number of carbonyl (C=O) groups is 1. The lowest BCUT2D eigenvalue weighted by atomic mass is 9.97. The normalized spacial score (nSPS) is 17.1. The Morgan fingerprint density at radius 3 is 2.70 bits per heavy atom. The van der Waals surface area contributed by atoms with Crippen molar-refractivity contribution >= 4 is 27.6 Å². The summed E-state index contributed by atoms with van der Waals surface area (Å²) in [6.07, 6.45) is 2.42. The fourth-order valence-electron chi connectivity index (χ4n) is 2.58. The number of likely N-dealkylation sites (tertiary alicyclic amines) is 1. The van der Waals surface area contributed by atoms with Crippen molar-refractivity contribution in [3.8, 4) is 0 Å². The van der Waals surface area contributed by atoms with E-state index in [1.54, 1.807) is 12.1 Å². The number of anilines is 1. The maximum Gasteiger partial charge on any atom is 0.335 e. The number of rotatable bonds is 5. The van der Waals surface area contributed by atoms with E-state index in [4.69, 9.17) is 5.11 Å². The molecule has 4 nitrogen and oxygen atoms in total. The van der Waals surface area contributed by atoms with Crippen LogP contribution < -0.4 is 5.32 Å². The zero-order valence-corrected chi connectivity index (χ0v) is 13.3. The van der Waals surface area contributed by atoms with Crippen LogP contribution in [-0.4, -0.2) is 42.2 Å². The molecular weight excluding hydrogens is 320 g/mol. The molecule has 20 heavy (non-hydrogen) atoms. The summed E-state index contributed by atoms with van der Waals surface area (Å²) >= 11 is 3.35. The molecule has 1 aromatic carbocycles. The molecule has 2 rings (SSSR count). The number of hydrogen-bond donors (Lipinski definition) is 2. The third-order valence-corrected chi connectivity index (χ3v) is 4.35. The first-order valence-corrected chi connectivity index (χ1v) is 7.88. The van der Waals surface area contributed by atoms with Gasteiger partial charge >= 0.3 is 5.97 Å². The highest BCUT2D eigenvalue weighted by molar-refractivity contribution is 9.10. The van der Waals surface area contributed by atoms with Crippen LogP contribution in [-0.2, 0) is 0 Å². The maximum absolute atomic E-state index is 11.0. The molecule has 5 heteroatoms.